The van der Waals surface area contributed by atoms with Crippen LogP contribution in [0.3, 0.4) is 0 Å². The molecule has 2 aliphatic carbocycles. The summed E-state index contributed by atoms with van der Waals surface area (Å²) in [5, 5.41) is 17.2. The normalized spacial score (nSPS) is 23.0. The molecule has 7 heteroatoms. The first-order chi connectivity index (χ1) is 18.3. The van der Waals surface area contributed by atoms with Gasteiger partial charge in [0.1, 0.15) is 18.9 Å². The molecule has 0 aromatic rings. The van der Waals surface area contributed by atoms with Gasteiger partial charge in [0.2, 0.25) is 0 Å². The van der Waals surface area contributed by atoms with Gasteiger partial charge in [0.25, 0.3) is 0 Å². The van der Waals surface area contributed by atoms with Gasteiger partial charge in [-0.15, -0.1) is 0 Å². The summed E-state index contributed by atoms with van der Waals surface area (Å²) in [5.41, 5.74) is 0.792. The second-order valence-corrected chi connectivity index (χ2v) is 10.5. The summed E-state index contributed by atoms with van der Waals surface area (Å²) >= 11 is 0. The number of methoxy groups -OCH3 is 2. The fraction of sp³-hybridized carbons (Fsp3) is 0.774. The van der Waals surface area contributed by atoms with Gasteiger partial charge in [-0.3, -0.25) is 9.59 Å². The second-order valence-electron chi connectivity index (χ2n) is 10.5. The molecular formula is C31H56O7. The van der Waals surface area contributed by atoms with Crippen LogP contribution in [0.15, 0.2) is 24.3 Å². The number of rotatable bonds is 13. The molecule has 0 aromatic heterocycles. The van der Waals surface area contributed by atoms with Crippen molar-refractivity contribution in [3.8, 4) is 0 Å². The van der Waals surface area contributed by atoms with E-state index >= 15 is 0 Å². The molecule has 0 aliphatic heterocycles. The molecule has 0 spiro atoms. The highest BCUT2D eigenvalue weighted by Crippen LogP contribution is 2.32. The fourth-order valence-electron chi connectivity index (χ4n) is 4.68. The monoisotopic (exact) mass is 540 g/mol. The minimum Gasteiger partial charge on any atom is -0.396 e. The van der Waals surface area contributed by atoms with Gasteiger partial charge in [0, 0.05) is 38.2 Å². The van der Waals surface area contributed by atoms with E-state index in [0.717, 1.165) is 57.0 Å². The van der Waals surface area contributed by atoms with Gasteiger partial charge in [-0.2, -0.15) is 0 Å². The van der Waals surface area contributed by atoms with Gasteiger partial charge in [-0.25, -0.2) is 0 Å². The third-order valence-corrected chi connectivity index (χ3v) is 7.20. The molecule has 38 heavy (non-hydrogen) atoms. The van der Waals surface area contributed by atoms with Crippen LogP contribution in [0.4, 0.5) is 0 Å². The number of allylic oxidation sites excluding steroid dienone is 1. The van der Waals surface area contributed by atoms with Gasteiger partial charge < -0.3 is 24.5 Å². The van der Waals surface area contributed by atoms with Crippen LogP contribution in [0, 0.1) is 23.7 Å². The van der Waals surface area contributed by atoms with Crippen molar-refractivity contribution < 1.29 is 34.1 Å². The van der Waals surface area contributed by atoms with Gasteiger partial charge >= 0.3 is 0 Å². The molecule has 222 valence electrons. The number of hydrogen-bond acceptors (Lipinski definition) is 7. The topological polar surface area (TPSA) is 110 Å². The maximum Gasteiger partial charge on any atom is 0.147 e. The van der Waals surface area contributed by atoms with Crippen LogP contribution in [-0.4, -0.2) is 69.2 Å². The average Bonchev–Trinajstić information content (AvgIpc) is 2.97. The molecule has 7 nitrogen and oxygen atoms in total. The third-order valence-electron chi connectivity index (χ3n) is 7.20. The van der Waals surface area contributed by atoms with E-state index in [-0.39, 0.29) is 18.8 Å². The molecule has 1 unspecified atom stereocenters. The van der Waals surface area contributed by atoms with E-state index in [1.807, 2.05) is 0 Å². The minimum absolute atomic E-state index is 0.218. The predicted octanol–water partition coefficient (Wildman–Crippen LogP) is 5.51. The Hall–Kier alpha value is -1.67. The number of carbonyl (C=O) groups is 3. The summed E-state index contributed by atoms with van der Waals surface area (Å²) in [6, 6.07) is 0. The lowest BCUT2D eigenvalue weighted by Gasteiger charge is -2.32. The van der Waals surface area contributed by atoms with Crippen LogP contribution in [0.25, 0.3) is 0 Å². The van der Waals surface area contributed by atoms with Crippen LogP contribution in [-0.2, 0) is 23.9 Å². The number of ether oxygens (including phenoxy) is 2. The molecule has 2 aliphatic rings. The number of aliphatic hydroxyl groups is 2. The Morgan fingerprint density at radius 3 is 1.84 bits per heavy atom. The first-order valence-electron chi connectivity index (χ1n) is 14.2. The number of aldehydes is 3. The number of unbranched alkanes of at least 4 members (excludes halogenated alkanes) is 2. The number of aliphatic hydroxyl groups excluding tert-OH is 2. The summed E-state index contributed by atoms with van der Waals surface area (Å²) in [6.07, 6.45) is 17.8. The number of hydrogen-bond donors (Lipinski definition) is 2. The lowest BCUT2D eigenvalue weighted by Crippen LogP contribution is -2.29. The summed E-state index contributed by atoms with van der Waals surface area (Å²) in [4.78, 5) is 29.4. The van der Waals surface area contributed by atoms with E-state index < -0.39 is 0 Å². The molecule has 2 rings (SSSR count). The van der Waals surface area contributed by atoms with Crippen LogP contribution in [0.1, 0.15) is 90.9 Å². The lowest BCUT2D eigenvalue weighted by molar-refractivity contribution is -0.112. The fourth-order valence-corrected chi connectivity index (χ4v) is 4.68. The van der Waals surface area contributed by atoms with Crippen molar-refractivity contribution >= 4 is 18.9 Å². The second kappa shape index (κ2) is 26.9. The van der Waals surface area contributed by atoms with Gasteiger partial charge in [-0.05, 0) is 75.7 Å². The zero-order valence-electron chi connectivity index (χ0n) is 24.6. The van der Waals surface area contributed by atoms with Crippen LogP contribution >= 0.6 is 0 Å². The highest BCUT2D eigenvalue weighted by atomic mass is 16.5. The van der Waals surface area contributed by atoms with Crippen molar-refractivity contribution in [2.24, 2.45) is 23.7 Å². The van der Waals surface area contributed by atoms with Crippen molar-refractivity contribution in [2.45, 2.75) is 97.0 Å². The Kier molecular flexibility index (Phi) is 27.3. The zero-order chi connectivity index (χ0) is 29.2. The molecule has 0 bridgehead atoms. The predicted molar refractivity (Wildman–Crippen MR) is 154 cm³/mol. The molecule has 0 amide bonds. The molecule has 2 saturated carbocycles. The maximum absolute atomic E-state index is 10.5. The summed E-state index contributed by atoms with van der Waals surface area (Å²) in [6.45, 7) is 11.1. The van der Waals surface area contributed by atoms with E-state index in [4.69, 9.17) is 14.6 Å². The summed E-state index contributed by atoms with van der Waals surface area (Å²) < 4.78 is 10.4. The molecule has 2 N–H and O–H groups in total. The van der Waals surface area contributed by atoms with E-state index in [1.54, 1.807) is 21.1 Å². The zero-order valence-corrected chi connectivity index (χ0v) is 24.6. The Morgan fingerprint density at radius 2 is 1.50 bits per heavy atom. The third kappa shape index (κ3) is 21.3. The smallest absolute Gasteiger partial charge is 0.147 e. The van der Waals surface area contributed by atoms with E-state index in [0.29, 0.717) is 42.3 Å². The molecule has 0 radical (unpaired) electrons. The van der Waals surface area contributed by atoms with Gasteiger partial charge in [0.05, 0.1) is 19.3 Å². The first-order valence-corrected chi connectivity index (χ1v) is 14.2. The largest absolute Gasteiger partial charge is 0.396 e. The van der Waals surface area contributed by atoms with Gasteiger partial charge in [0.15, 0.2) is 0 Å². The highest BCUT2D eigenvalue weighted by molar-refractivity contribution is 5.72. The summed E-state index contributed by atoms with van der Waals surface area (Å²) in [5.74, 6) is 2.26. The molecule has 0 heterocycles. The quantitative estimate of drug-likeness (QED) is 0.180. The van der Waals surface area contributed by atoms with E-state index in [2.05, 4.69) is 20.1 Å². The van der Waals surface area contributed by atoms with E-state index in [1.165, 1.54) is 38.5 Å². The van der Waals surface area contributed by atoms with Crippen LogP contribution < -0.4 is 0 Å². The van der Waals surface area contributed by atoms with E-state index in [9.17, 15) is 19.5 Å². The summed E-state index contributed by atoms with van der Waals surface area (Å²) in [7, 11) is 3.48. The van der Waals surface area contributed by atoms with Crippen LogP contribution in [0.5, 0.6) is 0 Å². The standard InChI is InChI=1S/C12H22O.C11H22O3.C4H6O2.C4H6O/c1-2-3-4-5-11-6-8-12(10-13)9-7-11;1-13-8-10(7-12)9-3-5-11(14-2)6-4-9;1-4(2-5)3-6;1-4(2)3-5/h10-12H,2-9H2,1H3;9-12H,3-8H2,1-2H3;2,6H,1,3H2;3H,1H2,2H3. The van der Waals surface area contributed by atoms with Crippen molar-refractivity contribution in [1.82, 2.24) is 0 Å². The lowest BCUT2D eigenvalue weighted by atomic mass is 9.79. The van der Waals surface area contributed by atoms with Crippen molar-refractivity contribution in [1.29, 1.82) is 0 Å². The molecule has 1 atom stereocenters. The Bertz CT molecular complexity index is 603. The van der Waals surface area contributed by atoms with Crippen molar-refractivity contribution in [3.05, 3.63) is 24.3 Å². The highest BCUT2D eigenvalue weighted by Gasteiger charge is 2.27. The maximum atomic E-state index is 10.5. The first kappa shape index (κ1) is 38.5. The van der Waals surface area contributed by atoms with Crippen molar-refractivity contribution in [3.63, 3.8) is 0 Å². The molecule has 0 aromatic carbocycles. The SMILES string of the molecule is C=C(C)C=O.C=C(C=O)CO.CCCCCC1CCC(C=O)CC1.COCC(CO)C1CCC(OC)CC1. The average molecular weight is 541 g/mol. The molecule has 2 fully saturated rings. The number of carbonyl (C=O) groups excluding carboxylic acids is 3. The Balaban J connectivity index is 0. The Morgan fingerprint density at radius 1 is 0.921 bits per heavy atom. The van der Waals surface area contributed by atoms with Crippen LogP contribution in [0.2, 0.25) is 0 Å². The Labute approximate surface area is 232 Å². The van der Waals surface area contributed by atoms with Crippen molar-refractivity contribution in [2.75, 3.05) is 34.0 Å². The minimum atomic E-state index is -0.233. The molecular weight excluding hydrogens is 484 g/mol. The van der Waals surface area contributed by atoms with Gasteiger partial charge in [-0.1, -0.05) is 45.8 Å². The molecule has 0 saturated heterocycles.